The van der Waals surface area contributed by atoms with Crippen LogP contribution in [0.15, 0.2) is 6.07 Å². The van der Waals surface area contributed by atoms with Crippen molar-refractivity contribution in [1.29, 1.82) is 0 Å². The van der Waals surface area contributed by atoms with E-state index in [0.717, 1.165) is 44.1 Å². The van der Waals surface area contributed by atoms with Gasteiger partial charge >= 0.3 is 0 Å². The zero-order valence-electron chi connectivity index (χ0n) is 11.4. The molecule has 0 spiro atoms. The van der Waals surface area contributed by atoms with Gasteiger partial charge in [0.2, 0.25) is 11.8 Å². The Morgan fingerprint density at radius 3 is 2.94 bits per heavy atom. The Kier molecular flexibility index (Phi) is 4.36. The summed E-state index contributed by atoms with van der Waals surface area (Å²) in [5.74, 6) is 1.44. The van der Waals surface area contributed by atoms with Crippen molar-refractivity contribution in [2.24, 2.45) is 0 Å². The molecule has 0 bridgehead atoms. The number of rotatable bonds is 5. The molecule has 1 saturated heterocycles. The molecule has 0 radical (unpaired) electrons. The molecule has 0 aromatic carbocycles. The third-order valence-electron chi connectivity index (χ3n) is 3.22. The molecule has 0 amide bonds. The van der Waals surface area contributed by atoms with Crippen molar-refractivity contribution in [2.45, 2.75) is 32.7 Å². The van der Waals surface area contributed by atoms with Gasteiger partial charge in [0.25, 0.3) is 0 Å². The molecule has 100 valence electrons. The molecule has 0 aliphatic carbocycles. The van der Waals surface area contributed by atoms with Crippen LogP contribution in [-0.2, 0) is 0 Å². The molecular weight excluding hydrogens is 228 g/mol. The highest BCUT2D eigenvalue weighted by Crippen LogP contribution is 2.20. The average molecular weight is 250 g/mol. The first-order chi connectivity index (χ1) is 8.74. The minimum absolute atomic E-state index is 0.497. The lowest BCUT2D eigenvalue weighted by molar-refractivity contribution is 0.395. The number of hydrogen-bond acceptors (Lipinski definition) is 5. The highest BCUT2D eigenvalue weighted by molar-refractivity contribution is 5.36. The Bertz CT molecular complexity index is 391. The Morgan fingerprint density at radius 2 is 2.33 bits per heavy atom. The molecule has 1 aliphatic heterocycles. The molecule has 1 atom stereocenters. The number of methoxy groups -OCH3 is 1. The second kappa shape index (κ2) is 6.00. The lowest BCUT2D eigenvalue weighted by Gasteiger charge is -2.28. The number of nitrogens with zero attached hydrogens (tertiary/aromatic N) is 3. The van der Waals surface area contributed by atoms with Crippen LogP contribution in [0.4, 0.5) is 5.95 Å². The van der Waals surface area contributed by atoms with Crippen molar-refractivity contribution < 1.29 is 4.74 Å². The summed E-state index contributed by atoms with van der Waals surface area (Å²) in [5, 5.41) is 3.40. The summed E-state index contributed by atoms with van der Waals surface area (Å²) in [6, 6.07) is 2.36. The molecule has 5 nitrogen and oxygen atoms in total. The van der Waals surface area contributed by atoms with Crippen molar-refractivity contribution in [3.8, 4) is 5.88 Å². The summed E-state index contributed by atoms with van der Waals surface area (Å²) in [6.45, 7) is 7.24. The zero-order valence-corrected chi connectivity index (χ0v) is 11.4. The highest BCUT2D eigenvalue weighted by Gasteiger charge is 2.24. The molecule has 1 aromatic heterocycles. The third-order valence-corrected chi connectivity index (χ3v) is 3.22. The van der Waals surface area contributed by atoms with E-state index in [1.807, 2.05) is 13.0 Å². The van der Waals surface area contributed by atoms with Gasteiger partial charge in [-0.05, 0) is 26.3 Å². The monoisotopic (exact) mass is 250 g/mol. The number of ether oxygens (including phenoxy) is 1. The quantitative estimate of drug-likeness (QED) is 0.855. The number of nitrogens with one attached hydrogen (secondary N) is 1. The van der Waals surface area contributed by atoms with Gasteiger partial charge in [0.1, 0.15) is 0 Å². The molecule has 1 fully saturated rings. The molecule has 5 heteroatoms. The van der Waals surface area contributed by atoms with E-state index in [1.165, 1.54) is 0 Å². The Balaban J connectivity index is 2.25. The van der Waals surface area contributed by atoms with Crippen LogP contribution in [0.3, 0.4) is 0 Å². The van der Waals surface area contributed by atoms with Crippen molar-refractivity contribution >= 4 is 5.95 Å². The van der Waals surface area contributed by atoms with Crippen LogP contribution in [-0.4, -0.2) is 42.8 Å². The summed E-state index contributed by atoms with van der Waals surface area (Å²) in [7, 11) is 1.65. The van der Waals surface area contributed by atoms with Crippen molar-refractivity contribution in [3.05, 3.63) is 11.8 Å². The van der Waals surface area contributed by atoms with Gasteiger partial charge in [-0.15, -0.1) is 0 Å². The standard InChI is InChI=1S/C13H22N4O/c1-4-7-17(11-5-6-14-9-11)13-15-10(2)8-12(16-13)18-3/h8,11,14H,4-7,9H2,1-3H3. The Morgan fingerprint density at radius 1 is 1.50 bits per heavy atom. The molecule has 0 saturated carbocycles. The maximum Gasteiger partial charge on any atom is 0.229 e. The maximum absolute atomic E-state index is 5.23. The zero-order chi connectivity index (χ0) is 13.0. The lowest BCUT2D eigenvalue weighted by atomic mass is 10.2. The fourth-order valence-electron chi connectivity index (χ4n) is 2.35. The number of aryl methyl sites for hydroxylation is 1. The number of hydrogen-bond donors (Lipinski definition) is 1. The molecule has 1 aromatic rings. The van der Waals surface area contributed by atoms with E-state index >= 15 is 0 Å². The number of anilines is 1. The summed E-state index contributed by atoms with van der Waals surface area (Å²) in [4.78, 5) is 11.3. The first kappa shape index (κ1) is 13.1. The van der Waals surface area contributed by atoms with Crippen molar-refractivity contribution in [1.82, 2.24) is 15.3 Å². The SMILES string of the molecule is CCCN(c1nc(C)cc(OC)n1)C1CCNC1. The van der Waals surface area contributed by atoms with E-state index < -0.39 is 0 Å². The minimum Gasteiger partial charge on any atom is -0.481 e. The van der Waals surface area contributed by atoms with Crippen LogP contribution in [0.1, 0.15) is 25.5 Å². The molecule has 18 heavy (non-hydrogen) atoms. The van der Waals surface area contributed by atoms with Crippen molar-refractivity contribution in [3.63, 3.8) is 0 Å². The van der Waals surface area contributed by atoms with Gasteiger partial charge < -0.3 is 15.0 Å². The van der Waals surface area contributed by atoms with Gasteiger partial charge in [-0.25, -0.2) is 4.98 Å². The maximum atomic E-state index is 5.23. The predicted octanol–water partition coefficient (Wildman–Crippen LogP) is 1.37. The van der Waals surface area contributed by atoms with E-state index in [4.69, 9.17) is 4.74 Å². The summed E-state index contributed by atoms with van der Waals surface area (Å²) < 4.78 is 5.23. The topological polar surface area (TPSA) is 50.3 Å². The van der Waals surface area contributed by atoms with E-state index in [2.05, 4.69) is 27.1 Å². The van der Waals surface area contributed by atoms with Gasteiger partial charge in [-0.2, -0.15) is 4.98 Å². The molecule has 2 rings (SSSR count). The van der Waals surface area contributed by atoms with Crippen LogP contribution in [0.2, 0.25) is 0 Å². The fraction of sp³-hybridized carbons (Fsp3) is 0.692. The minimum atomic E-state index is 0.497. The normalized spacial score (nSPS) is 18.9. The first-order valence-corrected chi connectivity index (χ1v) is 6.61. The number of aromatic nitrogens is 2. The van der Waals surface area contributed by atoms with E-state index in [1.54, 1.807) is 7.11 Å². The third kappa shape index (κ3) is 2.90. The molecule has 2 heterocycles. The summed E-state index contributed by atoms with van der Waals surface area (Å²) >= 11 is 0. The lowest BCUT2D eigenvalue weighted by Crippen LogP contribution is -2.38. The predicted molar refractivity (Wildman–Crippen MR) is 72.2 cm³/mol. The van der Waals surface area contributed by atoms with Gasteiger partial charge in [0.05, 0.1) is 7.11 Å². The largest absolute Gasteiger partial charge is 0.481 e. The summed E-state index contributed by atoms with van der Waals surface area (Å²) in [6.07, 6.45) is 2.25. The van der Waals surface area contributed by atoms with E-state index in [0.29, 0.717) is 11.9 Å². The van der Waals surface area contributed by atoms with Crippen LogP contribution in [0.5, 0.6) is 5.88 Å². The van der Waals surface area contributed by atoms with Gasteiger partial charge in [-0.3, -0.25) is 0 Å². The first-order valence-electron chi connectivity index (χ1n) is 6.61. The molecule has 1 aliphatic rings. The second-order valence-electron chi connectivity index (χ2n) is 4.69. The van der Waals surface area contributed by atoms with Gasteiger partial charge in [-0.1, -0.05) is 6.92 Å². The van der Waals surface area contributed by atoms with Gasteiger partial charge in [0, 0.05) is 30.9 Å². The fourth-order valence-corrected chi connectivity index (χ4v) is 2.35. The van der Waals surface area contributed by atoms with Gasteiger partial charge in [0.15, 0.2) is 0 Å². The van der Waals surface area contributed by atoms with Crippen LogP contribution in [0.25, 0.3) is 0 Å². The molecule has 1 N–H and O–H groups in total. The second-order valence-corrected chi connectivity index (χ2v) is 4.69. The molecular formula is C13H22N4O. The van der Waals surface area contributed by atoms with E-state index in [9.17, 15) is 0 Å². The highest BCUT2D eigenvalue weighted by atomic mass is 16.5. The van der Waals surface area contributed by atoms with Crippen LogP contribution < -0.4 is 15.0 Å². The smallest absolute Gasteiger partial charge is 0.229 e. The Hall–Kier alpha value is -1.36. The van der Waals surface area contributed by atoms with Crippen LogP contribution >= 0.6 is 0 Å². The van der Waals surface area contributed by atoms with Crippen molar-refractivity contribution in [2.75, 3.05) is 31.6 Å². The average Bonchev–Trinajstić information content (AvgIpc) is 2.88. The summed E-state index contributed by atoms with van der Waals surface area (Å²) in [5.41, 5.74) is 0.948. The Labute approximate surface area is 109 Å². The van der Waals surface area contributed by atoms with E-state index in [-0.39, 0.29) is 0 Å². The van der Waals surface area contributed by atoms with Crippen LogP contribution in [0, 0.1) is 6.92 Å². The molecule has 1 unspecified atom stereocenters.